The monoisotopic (exact) mass is 227 g/mol. The standard InChI is InChI=1S/C15H33N/c1-7-15(8-2,10-9-13(3)4)12-16-11-14(5)6/h13-14,16H,7-12H2,1-6H3. The summed E-state index contributed by atoms with van der Waals surface area (Å²) in [5, 5.41) is 3.65. The summed E-state index contributed by atoms with van der Waals surface area (Å²) < 4.78 is 0. The fourth-order valence-corrected chi connectivity index (χ4v) is 2.16. The van der Waals surface area contributed by atoms with E-state index in [0.717, 1.165) is 18.4 Å². The first-order chi connectivity index (χ1) is 7.45. The van der Waals surface area contributed by atoms with Crippen LogP contribution in [0.3, 0.4) is 0 Å². The lowest BCUT2D eigenvalue weighted by molar-refractivity contribution is 0.209. The third kappa shape index (κ3) is 6.52. The first-order valence-corrected chi connectivity index (χ1v) is 7.16. The highest BCUT2D eigenvalue weighted by atomic mass is 14.9. The molecule has 0 aromatic carbocycles. The average Bonchev–Trinajstić information content (AvgIpc) is 2.23. The van der Waals surface area contributed by atoms with Crippen molar-refractivity contribution in [1.29, 1.82) is 0 Å². The molecule has 1 heteroatoms. The molecule has 16 heavy (non-hydrogen) atoms. The van der Waals surface area contributed by atoms with E-state index in [9.17, 15) is 0 Å². The highest BCUT2D eigenvalue weighted by molar-refractivity contribution is 4.79. The fraction of sp³-hybridized carbons (Fsp3) is 1.00. The van der Waals surface area contributed by atoms with Crippen LogP contribution >= 0.6 is 0 Å². The summed E-state index contributed by atoms with van der Waals surface area (Å²) in [7, 11) is 0. The molecular formula is C15H33N. The lowest BCUT2D eigenvalue weighted by Gasteiger charge is -2.33. The maximum atomic E-state index is 3.65. The molecule has 0 aliphatic rings. The molecule has 1 nitrogen and oxygen atoms in total. The maximum Gasteiger partial charge on any atom is 0.000771 e. The van der Waals surface area contributed by atoms with Gasteiger partial charge in [-0.3, -0.25) is 0 Å². The number of hydrogen-bond acceptors (Lipinski definition) is 1. The van der Waals surface area contributed by atoms with E-state index in [-0.39, 0.29) is 0 Å². The minimum absolute atomic E-state index is 0.541. The van der Waals surface area contributed by atoms with Gasteiger partial charge in [0.2, 0.25) is 0 Å². The molecule has 0 amide bonds. The van der Waals surface area contributed by atoms with Crippen molar-refractivity contribution in [2.75, 3.05) is 13.1 Å². The van der Waals surface area contributed by atoms with Crippen molar-refractivity contribution < 1.29 is 0 Å². The molecule has 0 unspecified atom stereocenters. The van der Waals surface area contributed by atoms with Gasteiger partial charge in [0.05, 0.1) is 0 Å². The van der Waals surface area contributed by atoms with Crippen molar-refractivity contribution in [2.24, 2.45) is 17.3 Å². The number of rotatable bonds is 9. The summed E-state index contributed by atoms with van der Waals surface area (Å²) in [4.78, 5) is 0. The average molecular weight is 227 g/mol. The quantitative estimate of drug-likeness (QED) is 0.612. The van der Waals surface area contributed by atoms with Gasteiger partial charge in [-0.2, -0.15) is 0 Å². The molecule has 1 N–H and O–H groups in total. The first-order valence-electron chi connectivity index (χ1n) is 7.16. The first kappa shape index (κ1) is 16.0. The third-order valence-electron chi connectivity index (χ3n) is 3.80. The summed E-state index contributed by atoms with van der Waals surface area (Å²) >= 11 is 0. The van der Waals surface area contributed by atoms with Gasteiger partial charge in [-0.15, -0.1) is 0 Å². The SMILES string of the molecule is CCC(CC)(CCC(C)C)CNCC(C)C. The Balaban J connectivity index is 4.10. The van der Waals surface area contributed by atoms with E-state index in [0.29, 0.717) is 5.41 Å². The zero-order valence-electron chi connectivity index (χ0n) is 12.4. The Bertz CT molecular complexity index is 157. The van der Waals surface area contributed by atoms with E-state index >= 15 is 0 Å². The van der Waals surface area contributed by atoms with Crippen LogP contribution in [0, 0.1) is 17.3 Å². The minimum Gasteiger partial charge on any atom is -0.316 e. The van der Waals surface area contributed by atoms with Crippen LogP contribution in [0.2, 0.25) is 0 Å². The van der Waals surface area contributed by atoms with E-state index in [4.69, 9.17) is 0 Å². The molecule has 0 fully saturated rings. The van der Waals surface area contributed by atoms with Gasteiger partial charge >= 0.3 is 0 Å². The highest BCUT2D eigenvalue weighted by Crippen LogP contribution is 2.32. The van der Waals surface area contributed by atoms with Gasteiger partial charge in [-0.25, -0.2) is 0 Å². The molecular weight excluding hydrogens is 194 g/mol. The normalized spacial score (nSPS) is 12.8. The van der Waals surface area contributed by atoms with Crippen molar-refractivity contribution in [3.63, 3.8) is 0 Å². The molecule has 0 rings (SSSR count). The highest BCUT2D eigenvalue weighted by Gasteiger charge is 2.25. The number of hydrogen-bond donors (Lipinski definition) is 1. The molecule has 0 aromatic rings. The zero-order chi connectivity index (χ0) is 12.6. The van der Waals surface area contributed by atoms with Gasteiger partial charge in [0.1, 0.15) is 0 Å². The Morgan fingerprint density at radius 3 is 1.88 bits per heavy atom. The molecule has 98 valence electrons. The molecule has 0 heterocycles. The fourth-order valence-electron chi connectivity index (χ4n) is 2.16. The van der Waals surface area contributed by atoms with Crippen molar-refractivity contribution >= 4 is 0 Å². The lowest BCUT2D eigenvalue weighted by atomic mass is 9.76. The Hall–Kier alpha value is -0.0400. The van der Waals surface area contributed by atoms with Crippen LogP contribution in [-0.4, -0.2) is 13.1 Å². The lowest BCUT2D eigenvalue weighted by Crippen LogP contribution is -2.35. The molecule has 0 saturated carbocycles. The van der Waals surface area contributed by atoms with Crippen LogP contribution in [0.25, 0.3) is 0 Å². The molecule has 0 spiro atoms. The van der Waals surface area contributed by atoms with Gasteiger partial charge in [-0.1, -0.05) is 48.0 Å². The Morgan fingerprint density at radius 1 is 0.938 bits per heavy atom. The van der Waals surface area contributed by atoms with Gasteiger partial charge in [0, 0.05) is 6.54 Å². The van der Waals surface area contributed by atoms with Gasteiger partial charge in [0.25, 0.3) is 0 Å². The summed E-state index contributed by atoms with van der Waals surface area (Å²) in [6, 6.07) is 0. The molecule has 0 saturated heterocycles. The van der Waals surface area contributed by atoms with Gasteiger partial charge < -0.3 is 5.32 Å². The summed E-state index contributed by atoms with van der Waals surface area (Å²) in [5.74, 6) is 1.60. The van der Waals surface area contributed by atoms with Crippen molar-refractivity contribution in [2.45, 2.75) is 67.2 Å². The van der Waals surface area contributed by atoms with Crippen LogP contribution in [0.4, 0.5) is 0 Å². The van der Waals surface area contributed by atoms with Crippen LogP contribution in [0.1, 0.15) is 67.2 Å². The van der Waals surface area contributed by atoms with E-state index in [1.807, 2.05) is 0 Å². The molecule has 0 atom stereocenters. The second kappa shape index (κ2) is 8.11. The van der Waals surface area contributed by atoms with E-state index in [2.05, 4.69) is 46.9 Å². The van der Waals surface area contributed by atoms with Gasteiger partial charge in [0.15, 0.2) is 0 Å². The summed E-state index contributed by atoms with van der Waals surface area (Å²) in [5.41, 5.74) is 0.541. The Labute approximate surface area is 103 Å². The minimum atomic E-state index is 0.541. The van der Waals surface area contributed by atoms with E-state index in [1.165, 1.54) is 32.2 Å². The largest absolute Gasteiger partial charge is 0.316 e. The van der Waals surface area contributed by atoms with Crippen molar-refractivity contribution in [3.05, 3.63) is 0 Å². The molecule has 0 radical (unpaired) electrons. The van der Waals surface area contributed by atoms with Crippen molar-refractivity contribution in [1.82, 2.24) is 5.32 Å². The second-order valence-corrected chi connectivity index (χ2v) is 6.16. The summed E-state index contributed by atoms with van der Waals surface area (Å²) in [6.45, 7) is 16.3. The zero-order valence-corrected chi connectivity index (χ0v) is 12.4. The predicted octanol–water partition coefficient (Wildman–Crippen LogP) is 4.47. The molecule has 0 aliphatic heterocycles. The third-order valence-corrected chi connectivity index (χ3v) is 3.80. The molecule has 0 aromatic heterocycles. The van der Waals surface area contributed by atoms with Crippen LogP contribution in [0.15, 0.2) is 0 Å². The van der Waals surface area contributed by atoms with Crippen LogP contribution in [0.5, 0.6) is 0 Å². The Morgan fingerprint density at radius 2 is 1.50 bits per heavy atom. The smallest absolute Gasteiger partial charge is 0.000771 e. The summed E-state index contributed by atoms with van der Waals surface area (Å²) in [6.07, 6.45) is 5.36. The van der Waals surface area contributed by atoms with E-state index < -0.39 is 0 Å². The van der Waals surface area contributed by atoms with Crippen LogP contribution in [-0.2, 0) is 0 Å². The second-order valence-electron chi connectivity index (χ2n) is 6.16. The Kier molecular flexibility index (Phi) is 8.09. The van der Waals surface area contributed by atoms with Crippen molar-refractivity contribution in [3.8, 4) is 0 Å². The predicted molar refractivity (Wildman–Crippen MR) is 74.8 cm³/mol. The number of nitrogens with one attached hydrogen (secondary N) is 1. The molecule has 0 aliphatic carbocycles. The van der Waals surface area contributed by atoms with Gasteiger partial charge in [-0.05, 0) is 43.1 Å². The molecule has 0 bridgehead atoms. The topological polar surface area (TPSA) is 12.0 Å². The van der Waals surface area contributed by atoms with Crippen LogP contribution < -0.4 is 5.32 Å². The maximum absolute atomic E-state index is 3.65. The van der Waals surface area contributed by atoms with E-state index in [1.54, 1.807) is 0 Å².